The molecule has 6 nitrogen and oxygen atoms in total. The fraction of sp³-hybridized carbons (Fsp3) is 0.333. The number of hydrogen-bond donors (Lipinski definition) is 3. The summed E-state index contributed by atoms with van der Waals surface area (Å²) < 4.78 is 5.62. The van der Waals surface area contributed by atoms with Crippen molar-refractivity contribution in [3.05, 3.63) is 59.7 Å². The number of carbonyl (C=O) groups excluding carboxylic acids is 1. The highest BCUT2D eigenvalue weighted by atomic mass is 127. The van der Waals surface area contributed by atoms with E-state index < -0.39 is 0 Å². The van der Waals surface area contributed by atoms with Gasteiger partial charge in [-0.15, -0.1) is 24.0 Å². The zero-order valence-electron chi connectivity index (χ0n) is 16.1. The van der Waals surface area contributed by atoms with Gasteiger partial charge in [-0.1, -0.05) is 44.2 Å². The highest BCUT2D eigenvalue weighted by molar-refractivity contribution is 14.0. The quantitative estimate of drug-likeness (QED) is 0.335. The molecule has 0 radical (unpaired) electrons. The number of guanidine groups is 1. The van der Waals surface area contributed by atoms with E-state index in [-0.39, 0.29) is 48.4 Å². The van der Waals surface area contributed by atoms with Crippen molar-refractivity contribution in [2.75, 3.05) is 18.5 Å². The lowest BCUT2D eigenvalue weighted by Gasteiger charge is -2.26. The number of nitrogens with one attached hydrogen (secondary N) is 2. The molecule has 0 saturated heterocycles. The predicted molar refractivity (Wildman–Crippen MR) is 123 cm³/mol. The lowest BCUT2D eigenvalue weighted by atomic mass is 10.0. The molecule has 1 unspecified atom stereocenters. The van der Waals surface area contributed by atoms with Gasteiger partial charge in [0.2, 0.25) is 5.91 Å². The van der Waals surface area contributed by atoms with Gasteiger partial charge in [-0.3, -0.25) is 4.79 Å². The second-order valence-electron chi connectivity index (χ2n) is 6.90. The summed E-state index contributed by atoms with van der Waals surface area (Å²) in [5.41, 5.74) is 9.00. The van der Waals surface area contributed by atoms with E-state index in [0.29, 0.717) is 12.5 Å². The van der Waals surface area contributed by atoms with Crippen LogP contribution in [0.1, 0.15) is 43.4 Å². The highest BCUT2D eigenvalue weighted by Crippen LogP contribution is 2.31. The van der Waals surface area contributed by atoms with E-state index in [1.807, 2.05) is 42.5 Å². The Bertz CT molecular complexity index is 839. The number of nitrogens with two attached hydrogens (primary N) is 1. The number of para-hydroxylation sites is 1. The molecule has 1 amide bonds. The normalized spacial score (nSPS) is 15.8. The molecule has 0 aromatic heterocycles. The summed E-state index contributed by atoms with van der Waals surface area (Å²) in [5.74, 6) is 1.30. The van der Waals surface area contributed by atoms with Crippen molar-refractivity contribution in [2.24, 2.45) is 10.7 Å². The molecule has 2 aromatic carbocycles. The largest absolute Gasteiger partial charge is 0.493 e. The van der Waals surface area contributed by atoms with Crippen LogP contribution in [0.2, 0.25) is 0 Å². The molecule has 0 bridgehead atoms. The standard InChI is InChI=1S/C21H26N4O2.HI/c1-14(2)15-6-5-7-16(12-15)24-21(22)23-13-20(26)25-18-10-11-27-19-9-4-3-8-17(18)19;/h3-9,12,14,18H,10-11,13H2,1-2H3,(H,25,26)(H3,22,23,24);1H. The van der Waals surface area contributed by atoms with Crippen molar-refractivity contribution in [2.45, 2.75) is 32.2 Å². The first kappa shape index (κ1) is 22.0. The van der Waals surface area contributed by atoms with Gasteiger partial charge in [0.1, 0.15) is 12.3 Å². The Kier molecular flexibility index (Phi) is 8.10. The highest BCUT2D eigenvalue weighted by Gasteiger charge is 2.22. The van der Waals surface area contributed by atoms with Crippen LogP contribution in [0.4, 0.5) is 5.69 Å². The summed E-state index contributed by atoms with van der Waals surface area (Å²) in [6.45, 7) is 4.83. The Hall–Kier alpha value is -2.29. The van der Waals surface area contributed by atoms with Crippen LogP contribution in [0.25, 0.3) is 0 Å². The molecule has 0 fully saturated rings. The fourth-order valence-electron chi connectivity index (χ4n) is 3.05. The molecule has 1 atom stereocenters. The molecule has 2 aromatic rings. The number of carbonyl (C=O) groups is 1. The van der Waals surface area contributed by atoms with Crippen LogP contribution < -0.4 is 21.1 Å². The van der Waals surface area contributed by atoms with Crippen LogP contribution in [-0.4, -0.2) is 25.0 Å². The van der Waals surface area contributed by atoms with Crippen LogP contribution >= 0.6 is 24.0 Å². The van der Waals surface area contributed by atoms with E-state index in [9.17, 15) is 4.79 Å². The van der Waals surface area contributed by atoms with E-state index in [2.05, 4.69) is 35.5 Å². The number of hydrogen-bond acceptors (Lipinski definition) is 3. The monoisotopic (exact) mass is 494 g/mol. The fourth-order valence-corrected chi connectivity index (χ4v) is 3.05. The summed E-state index contributed by atoms with van der Waals surface area (Å²) in [4.78, 5) is 16.4. The van der Waals surface area contributed by atoms with Gasteiger partial charge in [0.25, 0.3) is 0 Å². The molecular formula is C21H27IN4O2. The number of ether oxygens (including phenoxy) is 1. The Morgan fingerprint density at radius 3 is 2.82 bits per heavy atom. The minimum absolute atomic E-state index is 0. The second kappa shape index (κ2) is 10.3. The number of halogens is 1. The van der Waals surface area contributed by atoms with Gasteiger partial charge < -0.3 is 21.1 Å². The summed E-state index contributed by atoms with van der Waals surface area (Å²) in [6.07, 6.45) is 0.738. The van der Waals surface area contributed by atoms with Crippen LogP contribution in [-0.2, 0) is 4.79 Å². The van der Waals surface area contributed by atoms with Gasteiger partial charge in [-0.2, -0.15) is 0 Å². The van der Waals surface area contributed by atoms with Gasteiger partial charge in [0, 0.05) is 17.7 Å². The first-order valence-corrected chi connectivity index (χ1v) is 9.21. The number of anilines is 1. The van der Waals surface area contributed by atoms with E-state index in [1.165, 1.54) is 5.56 Å². The average molecular weight is 494 g/mol. The average Bonchev–Trinajstić information content (AvgIpc) is 2.67. The maximum Gasteiger partial charge on any atom is 0.242 e. The van der Waals surface area contributed by atoms with Crippen molar-refractivity contribution in [1.82, 2.24) is 5.32 Å². The van der Waals surface area contributed by atoms with Gasteiger partial charge in [-0.25, -0.2) is 4.99 Å². The smallest absolute Gasteiger partial charge is 0.242 e. The van der Waals surface area contributed by atoms with Crippen LogP contribution in [0, 0.1) is 0 Å². The van der Waals surface area contributed by atoms with Gasteiger partial charge in [-0.05, 0) is 29.7 Å². The molecular weight excluding hydrogens is 467 g/mol. The van der Waals surface area contributed by atoms with Crippen LogP contribution in [0.5, 0.6) is 5.75 Å². The first-order chi connectivity index (χ1) is 13.0. The Labute approximate surface area is 183 Å². The molecule has 0 saturated carbocycles. The lowest BCUT2D eigenvalue weighted by Crippen LogP contribution is -2.34. The number of amides is 1. The van der Waals surface area contributed by atoms with Crippen molar-refractivity contribution >= 4 is 41.5 Å². The molecule has 1 aliphatic rings. The summed E-state index contributed by atoms with van der Waals surface area (Å²) >= 11 is 0. The maximum atomic E-state index is 12.3. The Morgan fingerprint density at radius 2 is 2.04 bits per heavy atom. The van der Waals surface area contributed by atoms with Gasteiger partial charge in [0.15, 0.2) is 5.96 Å². The maximum absolute atomic E-state index is 12.3. The van der Waals surface area contributed by atoms with Crippen LogP contribution in [0.3, 0.4) is 0 Å². The molecule has 4 N–H and O–H groups in total. The predicted octanol–water partition coefficient (Wildman–Crippen LogP) is 3.79. The summed E-state index contributed by atoms with van der Waals surface area (Å²) in [7, 11) is 0. The molecule has 7 heteroatoms. The third kappa shape index (κ3) is 5.85. The van der Waals surface area contributed by atoms with E-state index in [1.54, 1.807) is 0 Å². The molecule has 28 heavy (non-hydrogen) atoms. The van der Waals surface area contributed by atoms with Crippen LogP contribution in [0.15, 0.2) is 53.5 Å². The number of nitrogens with zero attached hydrogens (tertiary/aromatic N) is 1. The minimum atomic E-state index is -0.169. The van der Waals surface area contributed by atoms with E-state index in [4.69, 9.17) is 10.5 Å². The zero-order valence-corrected chi connectivity index (χ0v) is 18.5. The topological polar surface area (TPSA) is 88.7 Å². The van der Waals surface area contributed by atoms with Gasteiger partial charge >= 0.3 is 0 Å². The SMILES string of the molecule is CC(C)c1cccc(NC(N)=NCC(=O)NC2CCOc3ccccc32)c1.I. The molecule has 1 heterocycles. The van der Waals surface area contributed by atoms with Gasteiger partial charge in [0.05, 0.1) is 12.6 Å². The number of rotatable bonds is 5. The Morgan fingerprint density at radius 1 is 1.25 bits per heavy atom. The number of fused-ring (bicyclic) bond motifs is 1. The van der Waals surface area contributed by atoms with Crippen molar-refractivity contribution in [3.63, 3.8) is 0 Å². The Balaban J connectivity index is 0.00000280. The number of aliphatic imine (C=N–C) groups is 1. The molecule has 0 spiro atoms. The zero-order chi connectivity index (χ0) is 19.2. The summed E-state index contributed by atoms with van der Waals surface area (Å²) in [6, 6.07) is 15.7. The third-order valence-corrected chi connectivity index (χ3v) is 4.51. The molecule has 1 aliphatic heterocycles. The van der Waals surface area contributed by atoms with E-state index in [0.717, 1.165) is 23.4 Å². The molecule has 3 rings (SSSR count). The van der Waals surface area contributed by atoms with Crippen molar-refractivity contribution < 1.29 is 9.53 Å². The first-order valence-electron chi connectivity index (χ1n) is 9.21. The third-order valence-electron chi connectivity index (χ3n) is 4.51. The van der Waals surface area contributed by atoms with Crippen molar-refractivity contribution in [3.8, 4) is 5.75 Å². The van der Waals surface area contributed by atoms with E-state index >= 15 is 0 Å². The van der Waals surface area contributed by atoms with Crippen molar-refractivity contribution in [1.29, 1.82) is 0 Å². The second-order valence-corrected chi connectivity index (χ2v) is 6.90. The number of benzene rings is 2. The summed E-state index contributed by atoms with van der Waals surface area (Å²) in [5, 5.41) is 6.05. The lowest BCUT2D eigenvalue weighted by molar-refractivity contribution is -0.120. The molecule has 0 aliphatic carbocycles. The minimum Gasteiger partial charge on any atom is -0.493 e. The molecule has 150 valence electrons.